The number of carbonyl (C=O) groups is 4. The van der Waals surface area contributed by atoms with Crippen LogP contribution in [0, 0.1) is 0 Å². The minimum atomic E-state index is -0.791. The summed E-state index contributed by atoms with van der Waals surface area (Å²) in [6, 6.07) is 15.8. The van der Waals surface area contributed by atoms with Gasteiger partial charge < -0.3 is 20.1 Å². The van der Waals surface area contributed by atoms with Gasteiger partial charge in [-0.2, -0.15) is 0 Å². The SMILES string of the molecule is COC(=O)[C@H](C/C=C/CCCC[C@H](NC(=O)c1ccccc1)C(=O)OC)NC(=O)c1ccccc1. The van der Waals surface area contributed by atoms with Gasteiger partial charge in [0, 0.05) is 11.1 Å². The maximum atomic E-state index is 12.4. The van der Waals surface area contributed by atoms with E-state index in [9.17, 15) is 19.2 Å². The van der Waals surface area contributed by atoms with E-state index in [1.165, 1.54) is 14.2 Å². The van der Waals surface area contributed by atoms with Crippen LogP contribution in [0.1, 0.15) is 52.8 Å². The molecule has 0 fully saturated rings. The second kappa shape index (κ2) is 15.1. The Bertz CT molecular complexity index is 991. The summed E-state index contributed by atoms with van der Waals surface area (Å²) in [5.74, 6) is -1.68. The van der Waals surface area contributed by atoms with Crippen molar-refractivity contribution in [3.05, 3.63) is 83.9 Å². The number of allylic oxidation sites excluding steroid dienone is 1. The highest BCUT2D eigenvalue weighted by Crippen LogP contribution is 2.09. The van der Waals surface area contributed by atoms with E-state index >= 15 is 0 Å². The summed E-state index contributed by atoms with van der Waals surface area (Å²) in [5.41, 5.74) is 0.939. The molecule has 0 aliphatic rings. The molecule has 0 spiro atoms. The van der Waals surface area contributed by atoms with Crippen LogP contribution in [0.2, 0.25) is 0 Å². The third kappa shape index (κ3) is 9.44. The van der Waals surface area contributed by atoms with Gasteiger partial charge in [-0.3, -0.25) is 9.59 Å². The van der Waals surface area contributed by atoms with Crippen molar-refractivity contribution in [3.63, 3.8) is 0 Å². The predicted molar refractivity (Wildman–Crippen MR) is 132 cm³/mol. The number of esters is 2. The van der Waals surface area contributed by atoms with Crippen molar-refractivity contribution in [1.82, 2.24) is 10.6 Å². The number of ether oxygens (including phenoxy) is 2. The Balaban J connectivity index is 1.79. The molecule has 35 heavy (non-hydrogen) atoms. The zero-order valence-corrected chi connectivity index (χ0v) is 20.1. The van der Waals surface area contributed by atoms with E-state index < -0.39 is 24.0 Å². The van der Waals surface area contributed by atoms with Crippen molar-refractivity contribution < 1.29 is 28.7 Å². The zero-order valence-electron chi connectivity index (χ0n) is 20.1. The van der Waals surface area contributed by atoms with Crippen LogP contribution in [0.25, 0.3) is 0 Å². The molecule has 0 heterocycles. The molecule has 0 saturated heterocycles. The van der Waals surface area contributed by atoms with Crippen LogP contribution in [-0.2, 0) is 19.1 Å². The molecule has 0 saturated carbocycles. The van der Waals surface area contributed by atoms with Gasteiger partial charge in [0.05, 0.1) is 14.2 Å². The van der Waals surface area contributed by atoms with E-state index in [0.29, 0.717) is 36.8 Å². The lowest BCUT2D eigenvalue weighted by Gasteiger charge is -2.16. The number of nitrogens with one attached hydrogen (secondary N) is 2. The van der Waals surface area contributed by atoms with Gasteiger partial charge in [-0.25, -0.2) is 9.59 Å². The number of benzene rings is 2. The molecule has 8 heteroatoms. The highest BCUT2D eigenvalue weighted by atomic mass is 16.5. The fourth-order valence-corrected chi connectivity index (χ4v) is 3.37. The molecule has 2 aromatic rings. The van der Waals surface area contributed by atoms with Crippen molar-refractivity contribution in [2.75, 3.05) is 14.2 Å². The molecule has 0 unspecified atom stereocenters. The van der Waals surface area contributed by atoms with Gasteiger partial charge in [0.2, 0.25) is 0 Å². The first-order chi connectivity index (χ1) is 17.0. The average Bonchev–Trinajstić information content (AvgIpc) is 2.90. The van der Waals surface area contributed by atoms with E-state index in [4.69, 9.17) is 9.47 Å². The highest BCUT2D eigenvalue weighted by molar-refractivity contribution is 5.97. The summed E-state index contributed by atoms with van der Waals surface area (Å²) >= 11 is 0. The molecule has 2 rings (SSSR count). The topological polar surface area (TPSA) is 111 Å². The summed E-state index contributed by atoms with van der Waals surface area (Å²) in [4.78, 5) is 48.8. The van der Waals surface area contributed by atoms with Crippen LogP contribution in [0.4, 0.5) is 0 Å². The van der Waals surface area contributed by atoms with Crippen molar-refractivity contribution in [3.8, 4) is 0 Å². The van der Waals surface area contributed by atoms with Gasteiger partial charge in [0.15, 0.2) is 0 Å². The van der Waals surface area contributed by atoms with Gasteiger partial charge in [0.25, 0.3) is 11.8 Å². The minimum absolute atomic E-state index is 0.295. The van der Waals surface area contributed by atoms with E-state index in [2.05, 4.69) is 10.6 Å². The normalized spacial score (nSPS) is 12.4. The number of rotatable bonds is 13. The van der Waals surface area contributed by atoms with Crippen molar-refractivity contribution in [2.24, 2.45) is 0 Å². The summed E-state index contributed by atoms with van der Waals surface area (Å²) in [6.07, 6.45) is 6.64. The van der Waals surface area contributed by atoms with Crippen molar-refractivity contribution >= 4 is 23.8 Å². The van der Waals surface area contributed by atoms with Gasteiger partial charge in [-0.05, 0) is 49.9 Å². The number of carbonyl (C=O) groups excluding carboxylic acids is 4. The Morgan fingerprint density at radius 2 is 1.20 bits per heavy atom. The van der Waals surface area contributed by atoms with Crippen LogP contribution >= 0.6 is 0 Å². The fourth-order valence-electron chi connectivity index (χ4n) is 3.37. The second-order valence-corrected chi connectivity index (χ2v) is 7.82. The Kier molecular flexibility index (Phi) is 11.7. The quantitative estimate of drug-likeness (QED) is 0.258. The highest BCUT2D eigenvalue weighted by Gasteiger charge is 2.22. The lowest BCUT2D eigenvalue weighted by molar-refractivity contribution is -0.143. The maximum absolute atomic E-state index is 12.4. The summed E-state index contributed by atoms with van der Waals surface area (Å²) in [5, 5.41) is 5.42. The molecule has 0 aliphatic carbocycles. The van der Waals surface area contributed by atoms with Crippen molar-refractivity contribution in [1.29, 1.82) is 0 Å². The number of amides is 2. The van der Waals surface area contributed by atoms with Crippen LogP contribution in [0.3, 0.4) is 0 Å². The molecule has 2 amide bonds. The summed E-state index contributed by atoms with van der Waals surface area (Å²) in [6.45, 7) is 0. The molecule has 8 nitrogen and oxygen atoms in total. The Morgan fingerprint density at radius 3 is 1.71 bits per heavy atom. The largest absolute Gasteiger partial charge is 0.467 e. The van der Waals surface area contributed by atoms with E-state index in [1.807, 2.05) is 24.3 Å². The van der Waals surface area contributed by atoms with Crippen LogP contribution in [0.5, 0.6) is 0 Å². The molecule has 186 valence electrons. The molecular weight excluding hydrogens is 448 g/mol. The number of methoxy groups -OCH3 is 2. The van der Waals surface area contributed by atoms with Crippen LogP contribution in [-0.4, -0.2) is 50.1 Å². The van der Waals surface area contributed by atoms with Gasteiger partial charge in [0.1, 0.15) is 12.1 Å². The molecule has 2 aromatic carbocycles. The minimum Gasteiger partial charge on any atom is -0.467 e. The van der Waals surface area contributed by atoms with Crippen LogP contribution < -0.4 is 10.6 Å². The van der Waals surface area contributed by atoms with E-state index in [-0.39, 0.29) is 11.8 Å². The van der Waals surface area contributed by atoms with Crippen molar-refractivity contribution in [2.45, 2.75) is 44.2 Å². The number of unbranched alkanes of at least 4 members (excludes halogenated alkanes) is 2. The first kappa shape index (κ1) is 27.3. The van der Waals surface area contributed by atoms with Gasteiger partial charge in [-0.1, -0.05) is 55.0 Å². The zero-order chi connectivity index (χ0) is 25.5. The first-order valence-corrected chi connectivity index (χ1v) is 11.5. The monoisotopic (exact) mass is 480 g/mol. The van der Waals surface area contributed by atoms with Crippen LogP contribution in [0.15, 0.2) is 72.8 Å². The standard InChI is InChI=1S/C27H32N2O6/c1-34-26(32)22(28-24(30)20-14-8-6-9-15-20)18-12-4-3-5-13-19-23(27(33)35-2)29-25(31)21-16-10-7-11-17-21/h4,6-12,14-17,22-23H,3,5,13,18-19H2,1-2H3,(H,28,30)(H,29,31)/b12-4+/t22-,23-/m0/s1. The molecule has 0 bridgehead atoms. The Hall–Kier alpha value is -3.94. The predicted octanol–water partition coefficient (Wildman–Crippen LogP) is 3.44. The third-order valence-electron chi connectivity index (χ3n) is 5.31. The van der Waals surface area contributed by atoms with Gasteiger partial charge in [-0.15, -0.1) is 0 Å². The smallest absolute Gasteiger partial charge is 0.328 e. The Labute approximate surface area is 205 Å². The number of hydrogen-bond acceptors (Lipinski definition) is 6. The fraction of sp³-hybridized carbons (Fsp3) is 0.333. The molecule has 2 atom stereocenters. The first-order valence-electron chi connectivity index (χ1n) is 11.5. The number of hydrogen-bond donors (Lipinski definition) is 2. The van der Waals surface area contributed by atoms with E-state index in [0.717, 1.165) is 6.42 Å². The molecular formula is C27H32N2O6. The maximum Gasteiger partial charge on any atom is 0.328 e. The molecule has 2 N–H and O–H groups in total. The summed E-state index contributed by atoms with van der Waals surface area (Å²) in [7, 11) is 2.57. The Morgan fingerprint density at radius 1 is 0.714 bits per heavy atom. The summed E-state index contributed by atoms with van der Waals surface area (Å²) < 4.78 is 9.62. The van der Waals surface area contributed by atoms with E-state index in [1.54, 1.807) is 48.5 Å². The third-order valence-corrected chi connectivity index (χ3v) is 5.31. The van der Waals surface area contributed by atoms with Gasteiger partial charge >= 0.3 is 11.9 Å². The lowest BCUT2D eigenvalue weighted by Crippen LogP contribution is -2.41. The molecule has 0 radical (unpaired) electrons. The molecule has 0 aromatic heterocycles. The second-order valence-electron chi connectivity index (χ2n) is 7.82. The average molecular weight is 481 g/mol. The lowest BCUT2D eigenvalue weighted by atomic mass is 10.1. The molecule has 0 aliphatic heterocycles.